The van der Waals surface area contributed by atoms with Crippen molar-refractivity contribution in [2.75, 3.05) is 0 Å². The predicted molar refractivity (Wildman–Crippen MR) is 53.5 cm³/mol. The van der Waals surface area contributed by atoms with Crippen molar-refractivity contribution in [2.45, 2.75) is 25.0 Å². The van der Waals surface area contributed by atoms with Crippen molar-refractivity contribution in [1.82, 2.24) is 0 Å². The zero-order chi connectivity index (χ0) is 5.86. The molecule has 0 radical (unpaired) electrons. The van der Waals surface area contributed by atoms with Crippen LogP contribution < -0.4 is 0 Å². The Kier molecular flexibility index (Phi) is 6.21. The first-order valence-corrected chi connectivity index (χ1v) is 11.5. The summed E-state index contributed by atoms with van der Waals surface area (Å²) in [6.07, 6.45) is 1.36. The van der Waals surface area contributed by atoms with Crippen LogP contribution in [0.5, 0.6) is 0 Å². The molecule has 0 aromatic heterocycles. The molecule has 42 valence electrons. The van der Waals surface area contributed by atoms with E-state index in [0.29, 0.717) is 0 Å². The van der Waals surface area contributed by atoms with Crippen LogP contribution in [0.2, 0.25) is 4.78 Å². The van der Waals surface area contributed by atoms with Gasteiger partial charge in [0.05, 0.1) is 0 Å². The van der Waals surface area contributed by atoms with Gasteiger partial charge in [-0.15, -0.1) is 0 Å². The van der Waals surface area contributed by atoms with Gasteiger partial charge in [-0.25, -0.2) is 0 Å². The molecule has 0 spiro atoms. The Labute approximate surface area is 72.2 Å². The highest BCUT2D eigenvalue weighted by Crippen LogP contribution is 2.23. The quantitative estimate of drug-likeness (QED) is 0.536. The minimum absolute atomic E-state index is 0.325. The van der Waals surface area contributed by atoms with E-state index in [9.17, 15) is 0 Å². The van der Waals surface area contributed by atoms with Gasteiger partial charge in [0.2, 0.25) is 0 Å². The van der Waals surface area contributed by atoms with Crippen molar-refractivity contribution in [1.29, 1.82) is 0 Å². The van der Waals surface area contributed by atoms with E-state index >= 15 is 0 Å². The molecule has 3 heteroatoms. The van der Waals surface area contributed by atoms with E-state index in [1.807, 2.05) is 0 Å². The predicted octanol–water partition coefficient (Wildman–Crippen LogP) is 3.14. The average molecular weight is 338 g/mol. The van der Waals surface area contributed by atoms with E-state index < -0.39 is 0 Å². The molecule has 0 saturated heterocycles. The van der Waals surface area contributed by atoms with E-state index in [1.54, 1.807) is 0 Å². The molecule has 0 aliphatic rings. The molecule has 0 aliphatic heterocycles. The normalized spacial score (nSPS) is 13.7. The molecule has 0 aromatic carbocycles. The maximum Gasteiger partial charge on any atom is 0.448 e. The summed E-state index contributed by atoms with van der Waals surface area (Å²) in [5, 5.41) is 0. The molecule has 0 bridgehead atoms. The zero-order valence-electron chi connectivity index (χ0n) is 4.62. The van der Waals surface area contributed by atoms with Crippen molar-refractivity contribution in [3.8, 4) is 0 Å². The third kappa shape index (κ3) is 4.49. The van der Waals surface area contributed by atoms with Crippen molar-refractivity contribution in [2.24, 2.45) is 0 Å². The van der Waals surface area contributed by atoms with Gasteiger partial charge in [0.15, 0.2) is 0 Å². The van der Waals surface area contributed by atoms with E-state index in [0.717, 1.165) is 4.78 Å². The highest BCUT2D eigenvalue weighted by atomic mass is 127. The van der Waals surface area contributed by atoms with Crippen molar-refractivity contribution < 1.29 is 0 Å². The van der Waals surface area contributed by atoms with Gasteiger partial charge in [-0.3, -0.25) is 0 Å². The Morgan fingerprint density at radius 3 is 2.00 bits per heavy atom. The Morgan fingerprint density at radius 2 is 2.00 bits per heavy atom. The van der Waals surface area contributed by atoms with Crippen LogP contribution in [-0.2, 0) is 0 Å². The average Bonchev–Trinajstić information content (AvgIpc) is 1.65. The summed E-state index contributed by atoms with van der Waals surface area (Å²) >= 11 is 5.19. The number of rotatable bonds is 2. The van der Waals surface area contributed by atoms with Gasteiger partial charge in [-0.1, -0.05) is 25.0 Å². The lowest BCUT2D eigenvalue weighted by molar-refractivity contribution is 0.878. The van der Waals surface area contributed by atoms with Crippen LogP contribution in [0, 0.1) is 0 Å². The minimum atomic E-state index is -0.325. The van der Waals surface area contributed by atoms with Crippen molar-refractivity contribution in [3.63, 3.8) is 0 Å². The monoisotopic (exact) mass is 338 g/mol. The molecule has 0 fully saturated rings. The highest BCUT2D eigenvalue weighted by Gasteiger charge is 2.15. The summed E-state index contributed by atoms with van der Waals surface area (Å²) < 4.78 is 1.01. The fraction of sp³-hybridized carbons (Fsp3) is 1.00. The Balaban J connectivity index is 3.14. The smallest absolute Gasteiger partial charge is 0.191 e. The fourth-order valence-corrected chi connectivity index (χ4v) is 3.59. The molecule has 0 rings (SSSR count). The zero-order valence-corrected chi connectivity index (χ0v) is 10.1. The second-order valence-corrected chi connectivity index (χ2v) is 18.7. The largest absolute Gasteiger partial charge is 0.448 e. The molecule has 0 amide bonds. The lowest BCUT2D eigenvalue weighted by Crippen LogP contribution is -1.98. The minimum Gasteiger partial charge on any atom is -0.191 e. The fourth-order valence-electron chi connectivity index (χ4n) is 0.178. The van der Waals surface area contributed by atoms with Crippen LogP contribution in [0.4, 0.5) is 0 Å². The summed E-state index contributed by atoms with van der Waals surface area (Å²) in [4.78, 5) is 0. The van der Waals surface area contributed by atoms with Gasteiger partial charge in [-0.05, 0) is 0 Å². The molecular weight excluding hydrogens is 329 g/mol. The second kappa shape index (κ2) is 4.83. The molecule has 1 atom stereocenters. The van der Waals surface area contributed by atoms with Crippen molar-refractivity contribution >= 4 is 48.1 Å². The number of halogens is 2. The van der Waals surface area contributed by atoms with E-state index in [1.165, 1.54) is 6.42 Å². The Bertz CT molecular complexity index is 47.0. The molecule has 0 N–H and O–H groups in total. The van der Waals surface area contributed by atoms with Crippen LogP contribution in [-0.4, -0.2) is 7.58 Å². The molecule has 0 nitrogen and oxygen atoms in total. The molecule has 0 aromatic rings. The maximum atomic E-state index is 2.59. The maximum absolute atomic E-state index is 2.59. The number of hydrogen-bond donors (Lipinski definition) is 0. The Morgan fingerprint density at radius 1 is 1.57 bits per heavy atom. The van der Waals surface area contributed by atoms with Crippen LogP contribution in [0.3, 0.4) is 0 Å². The van der Waals surface area contributed by atoms with Crippen LogP contribution in [0.1, 0.15) is 20.3 Å². The van der Waals surface area contributed by atoms with Gasteiger partial charge >= 0.3 is 7.58 Å². The summed E-state index contributed by atoms with van der Waals surface area (Å²) in [7, 11) is -0.325. The standard InChI is InChI=1S/C4H9.Al.2HI/c1-3-4-2;;;/h3H,4H2,1-2H3;;2*1H/q;+2;;/p-2. The first kappa shape index (κ1) is 8.99. The van der Waals surface area contributed by atoms with Crippen molar-refractivity contribution in [3.05, 3.63) is 0 Å². The molecule has 0 saturated carbocycles. The van der Waals surface area contributed by atoms with Crippen LogP contribution in [0.25, 0.3) is 0 Å². The lowest BCUT2D eigenvalue weighted by atomic mass is 10.4. The van der Waals surface area contributed by atoms with Gasteiger partial charge in [0, 0.05) is 0 Å². The molecule has 0 aliphatic carbocycles. The highest BCUT2D eigenvalue weighted by molar-refractivity contribution is 14.3. The van der Waals surface area contributed by atoms with Gasteiger partial charge in [0.25, 0.3) is 0 Å². The number of hydrogen-bond acceptors (Lipinski definition) is 0. The summed E-state index contributed by atoms with van der Waals surface area (Å²) in [5.41, 5.74) is 0. The molecule has 7 heavy (non-hydrogen) atoms. The van der Waals surface area contributed by atoms with Gasteiger partial charge in [-0.2, -0.15) is 40.5 Å². The first-order chi connectivity index (χ1) is 3.18. The van der Waals surface area contributed by atoms with Crippen LogP contribution >= 0.6 is 40.5 Å². The lowest BCUT2D eigenvalue weighted by Gasteiger charge is -2.01. The third-order valence-electron chi connectivity index (χ3n) is 1.07. The summed E-state index contributed by atoms with van der Waals surface area (Å²) in [6.45, 7) is 4.61. The SMILES string of the molecule is CC[CH](C)[Al]([I])[I]. The third-order valence-corrected chi connectivity index (χ3v) is 9.77. The summed E-state index contributed by atoms with van der Waals surface area (Å²) in [6, 6.07) is 0. The molecule has 1 unspecified atom stereocenters. The topological polar surface area (TPSA) is 0 Å². The first-order valence-electron chi connectivity index (χ1n) is 2.46. The molecular formula is C4H9AlI2. The van der Waals surface area contributed by atoms with E-state index in [4.69, 9.17) is 0 Å². The van der Waals surface area contributed by atoms with Gasteiger partial charge in [0.1, 0.15) is 0 Å². The Hall–Kier alpha value is 1.99. The van der Waals surface area contributed by atoms with E-state index in [-0.39, 0.29) is 7.58 Å². The molecule has 0 heterocycles. The second-order valence-electron chi connectivity index (χ2n) is 1.72. The van der Waals surface area contributed by atoms with E-state index in [2.05, 4.69) is 54.4 Å². The van der Waals surface area contributed by atoms with Crippen LogP contribution in [0.15, 0.2) is 0 Å². The summed E-state index contributed by atoms with van der Waals surface area (Å²) in [5.74, 6) is 0. The van der Waals surface area contributed by atoms with Gasteiger partial charge < -0.3 is 0 Å².